The molecule has 0 spiro atoms. The Morgan fingerprint density at radius 1 is 0.231 bits per heavy atom. The van der Waals surface area contributed by atoms with Gasteiger partial charge in [-0.1, -0.05) is 233 Å². The largest absolute Gasteiger partial charge is 0.396 e. The Kier molecular flexibility index (Phi) is 45.2. The molecule has 4 nitrogen and oxygen atoms in total. The van der Waals surface area contributed by atoms with Gasteiger partial charge in [-0.15, -0.1) is 0 Å². The van der Waals surface area contributed by atoms with E-state index in [1.54, 1.807) is 0 Å². The highest BCUT2D eigenvalue weighted by molar-refractivity contribution is 4.79. The summed E-state index contributed by atoms with van der Waals surface area (Å²) in [5.74, 6) is 0. The molecule has 0 radical (unpaired) electrons. The Morgan fingerprint density at radius 2 is 0.385 bits per heavy atom. The third kappa shape index (κ3) is 41.0. The van der Waals surface area contributed by atoms with E-state index in [-0.39, 0.29) is 13.2 Å². The lowest BCUT2D eigenvalue weighted by atomic mass is 9.86. The van der Waals surface area contributed by atoms with Gasteiger partial charge >= 0.3 is 0 Å². The maximum absolute atomic E-state index is 11.1. The highest BCUT2D eigenvalue weighted by Gasteiger charge is 2.26. The number of unbranched alkanes of at least 4 members (excludes halogenated alkanes) is 28. The standard InChI is InChI=1S/C28H58O2.C20H42O2/c1-3-5-7-9-11-13-15-17-19-21-24-28(30,26-23-27-29)25-22-20-18-16-14-12-10-8-6-4-2;1-3-5-7-9-11-13-16-20(22,18-15-19-21)17-14-12-10-8-6-4-2/h29-30H,3-27H2,1-2H3;21-22H,3-19H2,1-2H3. The molecule has 4 N–H and O–H groups in total. The minimum atomic E-state index is -0.525. The van der Waals surface area contributed by atoms with Crippen LogP contribution in [0.2, 0.25) is 0 Å². The first kappa shape index (κ1) is 53.9. The molecule has 0 aliphatic carbocycles. The van der Waals surface area contributed by atoms with E-state index in [9.17, 15) is 15.3 Å². The zero-order valence-corrected chi connectivity index (χ0v) is 36.5. The van der Waals surface area contributed by atoms with Crippen molar-refractivity contribution < 1.29 is 20.4 Å². The summed E-state index contributed by atoms with van der Waals surface area (Å²) in [5.41, 5.74) is -1.04. The van der Waals surface area contributed by atoms with Gasteiger partial charge in [0.15, 0.2) is 0 Å². The van der Waals surface area contributed by atoms with Crippen LogP contribution in [0.3, 0.4) is 0 Å². The fourth-order valence-electron chi connectivity index (χ4n) is 7.92. The molecule has 52 heavy (non-hydrogen) atoms. The smallest absolute Gasteiger partial charge is 0.0648 e. The summed E-state index contributed by atoms with van der Waals surface area (Å²) in [6, 6.07) is 0. The van der Waals surface area contributed by atoms with Gasteiger partial charge in [0.25, 0.3) is 0 Å². The molecule has 0 saturated heterocycles. The van der Waals surface area contributed by atoms with Gasteiger partial charge in [0.05, 0.1) is 11.2 Å². The van der Waals surface area contributed by atoms with Crippen LogP contribution in [0.5, 0.6) is 0 Å². The number of aliphatic hydroxyl groups is 4. The van der Waals surface area contributed by atoms with Gasteiger partial charge in [-0.25, -0.2) is 0 Å². The fourth-order valence-corrected chi connectivity index (χ4v) is 7.92. The maximum Gasteiger partial charge on any atom is 0.0648 e. The molecule has 0 aromatic rings. The van der Waals surface area contributed by atoms with Crippen LogP contribution in [-0.4, -0.2) is 44.8 Å². The normalized spacial score (nSPS) is 12.0. The van der Waals surface area contributed by atoms with Crippen molar-refractivity contribution in [3.05, 3.63) is 0 Å². The van der Waals surface area contributed by atoms with Crippen molar-refractivity contribution in [2.45, 2.75) is 296 Å². The van der Waals surface area contributed by atoms with Crippen LogP contribution in [0.25, 0.3) is 0 Å². The van der Waals surface area contributed by atoms with Crippen molar-refractivity contribution in [1.82, 2.24) is 0 Å². The van der Waals surface area contributed by atoms with Crippen LogP contribution in [0, 0.1) is 0 Å². The predicted octanol–water partition coefficient (Wildman–Crippen LogP) is 15.1. The lowest BCUT2D eigenvalue weighted by Crippen LogP contribution is -2.29. The second-order valence-electron chi connectivity index (χ2n) is 17.0. The van der Waals surface area contributed by atoms with Gasteiger partial charge in [-0.3, -0.25) is 0 Å². The summed E-state index contributed by atoms with van der Waals surface area (Å²) in [7, 11) is 0. The Hall–Kier alpha value is -0.160. The van der Waals surface area contributed by atoms with Gasteiger partial charge in [-0.2, -0.15) is 0 Å². The van der Waals surface area contributed by atoms with Crippen LogP contribution in [-0.2, 0) is 0 Å². The lowest BCUT2D eigenvalue weighted by molar-refractivity contribution is 0.00360. The molecule has 0 fully saturated rings. The van der Waals surface area contributed by atoms with Gasteiger partial charge in [0.2, 0.25) is 0 Å². The number of aliphatic hydroxyl groups excluding tert-OH is 2. The second-order valence-corrected chi connectivity index (χ2v) is 17.0. The third-order valence-electron chi connectivity index (χ3n) is 11.6. The molecule has 316 valence electrons. The first-order valence-corrected chi connectivity index (χ1v) is 24.0. The zero-order valence-electron chi connectivity index (χ0n) is 36.5. The van der Waals surface area contributed by atoms with E-state index < -0.39 is 11.2 Å². The average molecular weight is 741 g/mol. The van der Waals surface area contributed by atoms with Gasteiger partial charge < -0.3 is 20.4 Å². The topological polar surface area (TPSA) is 80.9 Å². The molecule has 0 saturated carbocycles. The minimum absolute atomic E-state index is 0.204. The van der Waals surface area contributed by atoms with Crippen molar-refractivity contribution in [3.8, 4) is 0 Å². The fraction of sp³-hybridized carbons (Fsp3) is 1.00. The third-order valence-corrected chi connectivity index (χ3v) is 11.6. The van der Waals surface area contributed by atoms with Gasteiger partial charge in [-0.05, 0) is 51.4 Å². The summed E-state index contributed by atoms with van der Waals surface area (Å²) in [4.78, 5) is 0. The van der Waals surface area contributed by atoms with Crippen LogP contribution in [0.15, 0.2) is 0 Å². The highest BCUT2D eigenvalue weighted by atomic mass is 16.3. The van der Waals surface area contributed by atoms with Crippen molar-refractivity contribution in [2.24, 2.45) is 0 Å². The molecule has 0 bridgehead atoms. The van der Waals surface area contributed by atoms with E-state index in [0.29, 0.717) is 0 Å². The Bertz CT molecular complexity index is 598. The molecular weight excluding hydrogens is 641 g/mol. The SMILES string of the molecule is CCCCCCCCC(O)(CCCO)CCCCCCCC.CCCCCCCCCCCCC(O)(CCCO)CCCCCCCCCCCC. The van der Waals surface area contributed by atoms with Crippen molar-refractivity contribution in [2.75, 3.05) is 13.2 Å². The van der Waals surface area contributed by atoms with Crippen LogP contribution in [0.4, 0.5) is 0 Å². The summed E-state index contributed by atoms with van der Waals surface area (Å²) in [5, 5.41) is 40.2. The second kappa shape index (κ2) is 43.6. The first-order chi connectivity index (χ1) is 25.4. The molecule has 0 amide bonds. The molecule has 0 atom stereocenters. The molecule has 0 aliphatic heterocycles. The average Bonchev–Trinajstić information content (AvgIpc) is 3.15. The van der Waals surface area contributed by atoms with Crippen LogP contribution >= 0.6 is 0 Å². The van der Waals surface area contributed by atoms with E-state index in [0.717, 1.165) is 77.0 Å². The monoisotopic (exact) mass is 741 g/mol. The van der Waals surface area contributed by atoms with Gasteiger partial charge in [0.1, 0.15) is 0 Å². The molecule has 0 rings (SSSR count). The molecule has 0 aliphatic rings. The molecule has 0 unspecified atom stereocenters. The summed E-state index contributed by atoms with van der Waals surface area (Å²) >= 11 is 0. The summed E-state index contributed by atoms with van der Waals surface area (Å²) in [6.45, 7) is 9.45. The Morgan fingerprint density at radius 3 is 0.558 bits per heavy atom. The number of hydrogen-bond donors (Lipinski definition) is 4. The van der Waals surface area contributed by atoms with E-state index in [1.165, 1.54) is 180 Å². The first-order valence-electron chi connectivity index (χ1n) is 24.0. The lowest BCUT2D eigenvalue weighted by Gasteiger charge is -2.28. The molecule has 0 heterocycles. The predicted molar refractivity (Wildman–Crippen MR) is 231 cm³/mol. The maximum atomic E-state index is 11.1. The Balaban J connectivity index is 0. The van der Waals surface area contributed by atoms with Crippen LogP contribution < -0.4 is 0 Å². The Labute approximate surface area is 328 Å². The summed E-state index contributed by atoms with van der Waals surface area (Å²) < 4.78 is 0. The van der Waals surface area contributed by atoms with E-state index in [1.807, 2.05) is 0 Å². The van der Waals surface area contributed by atoms with Crippen molar-refractivity contribution in [1.29, 1.82) is 0 Å². The van der Waals surface area contributed by atoms with Gasteiger partial charge in [0, 0.05) is 13.2 Å². The minimum Gasteiger partial charge on any atom is -0.396 e. The molecule has 4 heteroatoms. The molecule has 0 aromatic heterocycles. The van der Waals surface area contributed by atoms with Crippen molar-refractivity contribution in [3.63, 3.8) is 0 Å². The number of rotatable bonds is 42. The highest BCUT2D eigenvalue weighted by Crippen LogP contribution is 2.29. The summed E-state index contributed by atoms with van der Waals surface area (Å²) in [6.07, 6.45) is 48.9. The number of hydrogen-bond acceptors (Lipinski definition) is 4. The quantitative estimate of drug-likeness (QED) is 0.0470. The van der Waals surface area contributed by atoms with Crippen molar-refractivity contribution >= 4 is 0 Å². The molecular formula is C48H100O4. The van der Waals surface area contributed by atoms with E-state index in [2.05, 4.69) is 27.7 Å². The van der Waals surface area contributed by atoms with E-state index in [4.69, 9.17) is 5.11 Å². The molecule has 0 aromatic carbocycles. The zero-order chi connectivity index (χ0) is 38.7. The van der Waals surface area contributed by atoms with E-state index >= 15 is 0 Å². The van der Waals surface area contributed by atoms with Crippen LogP contribution in [0.1, 0.15) is 285 Å².